The Bertz CT molecular complexity index is 734. The van der Waals surface area contributed by atoms with Gasteiger partial charge in [-0.2, -0.15) is 0 Å². The molecule has 17 heavy (non-hydrogen) atoms. The first-order valence-electron chi connectivity index (χ1n) is 5.23. The summed E-state index contributed by atoms with van der Waals surface area (Å²) in [5.41, 5.74) is 1.95. The van der Waals surface area contributed by atoms with E-state index < -0.39 is 0 Å². The van der Waals surface area contributed by atoms with Crippen LogP contribution in [0.1, 0.15) is 0 Å². The van der Waals surface area contributed by atoms with Gasteiger partial charge in [-0.05, 0) is 18.2 Å². The molecule has 4 nitrogen and oxygen atoms in total. The Morgan fingerprint density at radius 2 is 2.00 bits per heavy atom. The zero-order chi connectivity index (χ0) is 11.7. The number of aromatic nitrogens is 3. The Labute approximate surface area is 97.0 Å². The number of nitrogens with zero attached hydrogens (tertiary/aromatic N) is 2. The highest BCUT2D eigenvalue weighted by atomic mass is 16.1. The molecule has 1 N–H and O–H groups in total. The Balaban J connectivity index is 2.25. The number of nitrogens with one attached hydrogen (secondary N) is 1. The van der Waals surface area contributed by atoms with E-state index in [0.29, 0.717) is 5.69 Å². The van der Waals surface area contributed by atoms with Gasteiger partial charge in [-0.1, -0.05) is 12.1 Å². The molecule has 1 aromatic carbocycles. The Hall–Kier alpha value is -2.49. The SMILES string of the molecule is O=c1[nH]ccnc1-c1ccc2ncccc2c1. The molecule has 0 atom stereocenters. The van der Waals surface area contributed by atoms with E-state index >= 15 is 0 Å². The number of benzene rings is 1. The van der Waals surface area contributed by atoms with Crippen LogP contribution < -0.4 is 5.56 Å². The molecular weight excluding hydrogens is 214 g/mol. The van der Waals surface area contributed by atoms with Gasteiger partial charge in [0, 0.05) is 29.5 Å². The molecule has 82 valence electrons. The summed E-state index contributed by atoms with van der Waals surface area (Å²) in [7, 11) is 0. The van der Waals surface area contributed by atoms with Crippen LogP contribution in [0.15, 0.2) is 53.7 Å². The van der Waals surface area contributed by atoms with Crippen molar-refractivity contribution in [3.8, 4) is 11.3 Å². The van der Waals surface area contributed by atoms with Gasteiger partial charge >= 0.3 is 0 Å². The number of rotatable bonds is 1. The van der Waals surface area contributed by atoms with Crippen LogP contribution in [-0.4, -0.2) is 15.0 Å². The first-order valence-corrected chi connectivity index (χ1v) is 5.23. The van der Waals surface area contributed by atoms with Crippen molar-refractivity contribution in [3.63, 3.8) is 0 Å². The zero-order valence-electron chi connectivity index (χ0n) is 8.92. The van der Waals surface area contributed by atoms with E-state index in [-0.39, 0.29) is 5.56 Å². The van der Waals surface area contributed by atoms with Crippen molar-refractivity contribution in [3.05, 3.63) is 59.3 Å². The van der Waals surface area contributed by atoms with Gasteiger partial charge in [0.2, 0.25) is 0 Å². The first kappa shape index (κ1) is 9.72. The fraction of sp³-hybridized carbons (Fsp3) is 0. The van der Waals surface area contributed by atoms with E-state index in [2.05, 4.69) is 15.0 Å². The number of hydrogen-bond donors (Lipinski definition) is 1. The van der Waals surface area contributed by atoms with E-state index in [1.165, 1.54) is 6.20 Å². The zero-order valence-corrected chi connectivity index (χ0v) is 8.92. The van der Waals surface area contributed by atoms with Gasteiger partial charge in [0.25, 0.3) is 5.56 Å². The molecule has 0 spiro atoms. The molecule has 0 radical (unpaired) electrons. The standard InChI is InChI=1S/C13H9N3O/c17-13-12(15-6-7-16-13)10-3-4-11-9(8-10)2-1-5-14-11/h1-8H,(H,16,17). The highest BCUT2D eigenvalue weighted by molar-refractivity contribution is 5.83. The molecule has 0 saturated heterocycles. The van der Waals surface area contributed by atoms with E-state index in [9.17, 15) is 4.79 Å². The molecule has 0 saturated carbocycles. The maximum Gasteiger partial charge on any atom is 0.274 e. The summed E-state index contributed by atoms with van der Waals surface area (Å²) in [6.07, 6.45) is 4.84. The monoisotopic (exact) mass is 223 g/mol. The molecule has 0 aliphatic heterocycles. The van der Waals surface area contributed by atoms with Crippen LogP contribution in [0.4, 0.5) is 0 Å². The minimum Gasteiger partial charge on any atom is -0.326 e. The van der Waals surface area contributed by atoms with Crippen molar-refractivity contribution >= 4 is 10.9 Å². The fourth-order valence-corrected chi connectivity index (χ4v) is 1.78. The van der Waals surface area contributed by atoms with Crippen molar-refractivity contribution in [2.75, 3.05) is 0 Å². The largest absolute Gasteiger partial charge is 0.326 e. The second-order valence-corrected chi connectivity index (χ2v) is 3.68. The third-order valence-electron chi connectivity index (χ3n) is 2.58. The van der Waals surface area contributed by atoms with Crippen molar-refractivity contribution < 1.29 is 0 Å². The average Bonchev–Trinajstić information content (AvgIpc) is 2.39. The van der Waals surface area contributed by atoms with Crippen LogP contribution in [0.2, 0.25) is 0 Å². The lowest BCUT2D eigenvalue weighted by molar-refractivity contribution is 1.15. The molecule has 2 heterocycles. The summed E-state index contributed by atoms with van der Waals surface area (Å²) >= 11 is 0. The number of pyridine rings is 1. The van der Waals surface area contributed by atoms with Crippen molar-refractivity contribution in [1.29, 1.82) is 0 Å². The Morgan fingerprint density at radius 3 is 2.88 bits per heavy atom. The Morgan fingerprint density at radius 1 is 1.06 bits per heavy atom. The second kappa shape index (κ2) is 3.83. The van der Waals surface area contributed by atoms with Crippen molar-refractivity contribution in [1.82, 2.24) is 15.0 Å². The third kappa shape index (κ3) is 1.69. The summed E-state index contributed by atoms with van der Waals surface area (Å²) in [6.45, 7) is 0. The topological polar surface area (TPSA) is 58.6 Å². The third-order valence-corrected chi connectivity index (χ3v) is 2.58. The van der Waals surface area contributed by atoms with Crippen LogP contribution in [0.25, 0.3) is 22.2 Å². The van der Waals surface area contributed by atoms with Gasteiger partial charge in [0.15, 0.2) is 0 Å². The van der Waals surface area contributed by atoms with Crippen molar-refractivity contribution in [2.45, 2.75) is 0 Å². The molecular formula is C13H9N3O. The van der Waals surface area contributed by atoms with E-state index in [4.69, 9.17) is 0 Å². The normalized spacial score (nSPS) is 10.6. The summed E-state index contributed by atoms with van der Waals surface area (Å²) < 4.78 is 0. The molecule has 0 aliphatic rings. The summed E-state index contributed by atoms with van der Waals surface area (Å²) in [4.78, 5) is 22.6. The average molecular weight is 223 g/mol. The summed E-state index contributed by atoms with van der Waals surface area (Å²) in [5.74, 6) is 0. The predicted molar refractivity (Wildman–Crippen MR) is 65.6 cm³/mol. The minimum atomic E-state index is -0.184. The van der Waals surface area contributed by atoms with Crippen LogP contribution in [0.3, 0.4) is 0 Å². The maximum atomic E-state index is 11.6. The number of H-pyrrole nitrogens is 1. The van der Waals surface area contributed by atoms with Crippen LogP contribution in [0.5, 0.6) is 0 Å². The highest BCUT2D eigenvalue weighted by Crippen LogP contribution is 2.18. The van der Waals surface area contributed by atoms with Gasteiger partial charge in [-0.15, -0.1) is 0 Å². The molecule has 3 rings (SSSR count). The smallest absolute Gasteiger partial charge is 0.274 e. The first-order chi connectivity index (χ1) is 8.34. The lowest BCUT2D eigenvalue weighted by Gasteiger charge is -2.01. The lowest BCUT2D eigenvalue weighted by atomic mass is 10.1. The van der Waals surface area contributed by atoms with E-state index in [0.717, 1.165) is 16.5 Å². The number of fused-ring (bicyclic) bond motifs is 1. The van der Waals surface area contributed by atoms with Crippen LogP contribution >= 0.6 is 0 Å². The molecule has 2 aromatic heterocycles. The van der Waals surface area contributed by atoms with Gasteiger partial charge in [-0.3, -0.25) is 9.78 Å². The second-order valence-electron chi connectivity index (χ2n) is 3.68. The fourth-order valence-electron chi connectivity index (χ4n) is 1.78. The summed E-state index contributed by atoms with van der Waals surface area (Å²) in [6, 6.07) is 9.49. The van der Waals surface area contributed by atoms with Gasteiger partial charge in [-0.25, -0.2) is 4.98 Å². The van der Waals surface area contributed by atoms with E-state index in [1.54, 1.807) is 12.4 Å². The lowest BCUT2D eigenvalue weighted by Crippen LogP contribution is -2.09. The van der Waals surface area contributed by atoms with Gasteiger partial charge in [0.1, 0.15) is 5.69 Å². The molecule has 0 bridgehead atoms. The number of hydrogen-bond acceptors (Lipinski definition) is 3. The molecule has 3 aromatic rings. The van der Waals surface area contributed by atoms with Crippen LogP contribution in [0, 0.1) is 0 Å². The van der Waals surface area contributed by atoms with Crippen LogP contribution in [-0.2, 0) is 0 Å². The Kier molecular flexibility index (Phi) is 2.19. The molecule has 0 unspecified atom stereocenters. The predicted octanol–water partition coefficient (Wildman–Crippen LogP) is 1.99. The van der Waals surface area contributed by atoms with E-state index in [1.807, 2.05) is 30.3 Å². The number of aromatic amines is 1. The molecule has 0 aliphatic carbocycles. The molecule has 0 fully saturated rings. The maximum absolute atomic E-state index is 11.6. The summed E-state index contributed by atoms with van der Waals surface area (Å²) in [5, 5.41) is 0.995. The van der Waals surface area contributed by atoms with Crippen molar-refractivity contribution in [2.24, 2.45) is 0 Å². The van der Waals surface area contributed by atoms with Gasteiger partial charge < -0.3 is 4.98 Å². The minimum absolute atomic E-state index is 0.184. The highest BCUT2D eigenvalue weighted by Gasteiger charge is 2.04. The van der Waals surface area contributed by atoms with Gasteiger partial charge in [0.05, 0.1) is 5.52 Å². The molecule has 4 heteroatoms. The molecule has 0 amide bonds. The quantitative estimate of drug-likeness (QED) is 0.686.